The van der Waals surface area contributed by atoms with Crippen molar-refractivity contribution in [2.45, 2.75) is 20.1 Å². The van der Waals surface area contributed by atoms with E-state index < -0.39 is 6.29 Å². The van der Waals surface area contributed by atoms with Gasteiger partial charge in [0, 0.05) is 0 Å². The molecule has 0 aromatic heterocycles. The fourth-order valence-electron chi connectivity index (χ4n) is 0.365. The summed E-state index contributed by atoms with van der Waals surface area (Å²) in [4.78, 5) is 18.6. The van der Waals surface area contributed by atoms with E-state index in [1.807, 2.05) is 0 Å². The van der Waals surface area contributed by atoms with E-state index in [-0.39, 0.29) is 0 Å². The number of hydrogen-bond acceptors (Lipinski definition) is 4. The Morgan fingerprint density at radius 3 is 1.91 bits per heavy atom. The van der Waals surface area contributed by atoms with Crippen molar-refractivity contribution in [1.82, 2.24) is 0 Å². The molecular weight excluding hydrogens is 148 g/mol. The summed E-state index contributed by atoms with van der Waals surface area (Å²) in [5.74, 6) is 0. The molecule has 0 rings (SSSR count). The molecule has 0 N–H and O–H groups in total. The van der Waals surface area contributed by atoms with Crippen LogP contribution in [-0.4, -0.2) is 19.5 Å². The van der Waals surface area contributed by atoms with Crippen molar-refractivity contribution in [3.8, 4) is 0 Å². The van der Waals surface area contributed by atoms with Gasteiger partial charge in [-0.1, -0.05) is 6.58 Å². The fourth-order valence-corrected chi connectivity index (χ4v) is 0.365. The molecule has 11 heavy (non-hydrogen) atoms. The van der Waals surface area contributed by atoms with Crippen LogP contribution in [0.2, 0.25) is 0 Å². The summed E-state index contributed by atoms with van der Waals surface area (Å²) in [6.45, 7) is 7.99. The topological polar surface area (TPSA) is 36.9 Å². The first-order valence-electron chi connectivity index (χ1n) is 3.54. The summed E-state index contributed by atoms with van der Waals surface area (Å²) in [5.41, 5.74) is 0. The van der Waals surface area contributed by atoms with Crippen LogP contribution in [-0.2, 0) is 19.6 Å². The first-order valence-corrected chi connectivity index (χ1v) is 3.54. The molecule has 0 spiro atoms. The highest BCUT2D eigenvalue weighted by atomic mass is 17.3. The summed E-state index contributed by atoms with van der Waals surface area (Å²) < 4.78 is 0. The largest absolute Gasteiger partial charge is 0.242 e. The Labute approximate surface area is 66.6 Å². The average molecular weight is 162 g/mol. The van der Waals surface area contributed by atoms with Crippen LogP contribution in [0.1, 0.15) is 13.8 Å². The molecule has 0 atom stereocenters. The van der Waals surface area contributed by atoms with Gasteiger partial charge in [0.1, 0.15) is 0 Å². The number of hydrogen-bond donors (Lipinski definition) is 0. The molecule has 0 aromatic rings. The van der Waals surface area contributed by atoms with E-state index in [2.05, 4.69) is 26.1 Å². The molecule has 0 aromatic carbocycles. The second kappa shape index (κ2) is 7.68. The lowest BCUT2D eigenvalue weighted by atomic mass is 10.6. The molecule has 0 aliphatic heterocycles. The maximum Gasteiger partial charge on any atom is 0.242 e. The summed E-state index contributed by atoms with van der Waals surface area (Å²) in [7, 11) is 0. The van der Waals surface area contributed by atoms with Crippen molar-refractivity contribution in [2.24, 2.45) is 0 Å². The highest BCUT2D eigenvalue weighted by Gasteiger charge is 2.04. The van der Waals surface area contributed by atoms with Gasteiger partial charge >= 0.3 is 0 Å². The van der Waals surface area contributed by atoms with E-state index in [0.717, 1.165) is 0 Å². The minimum atomic E-state index is -0.658. The van der Waals surface area contributed by atoms with E-state index in [1.165, 1.54) is 6.08 Å². The molecule has 0 unspecified atom stereocenters. The predicted octanol–water partition coefficient (Wildman–Crippen LogP) is 1.43. The van der Waals surface area contributed by atoms with Crippen LogP contribution >= 0.6 is 0 Å². The van der Waals surface area contributed by atoms with Gasteiger partial charge in [-0.25, -0.2) is 9.78 Å². The molecule has 0 saturated heterocycles. The Hall–Kier alpha value is -0.420. The Morgan fingerprint density at radius 1 is 1.18 bits per heavy atom. The van der Waals surface area contributed by atoms with Crippen molar-refractivity contribution in [3.63, 3.8) is 0 Å². The Kier molecular flexibility index (Phi) is 7.39. The maximum atomic E-state index is 4.68. The van der Waals surface area contributed by atoms with Gasteiger partial charge in [-0.15, -0.1) is 0 Å². The van der Waals surface area contributed by atoms with E-state index >= 15 is 0 Å². The molecule has 0 saturated carbocycles. The van der Waals surface area contributed by atoms with Crippen LogP contribution < -0.4 is 0 Å². The highest BCUT2D eigenvalue weighted by Crippen LogP contribution is 1.97. The standard InChI is InChI=1S/C7H14O4/c1-4-7(10-8-5-2)11-9-6-3/h4,7H,1,5-6H2,2-3H3. The van der Waals surface area contributed by atoms with Gasteiger partial charge in [-0.3, -0.25) is 0 Å². The zero-order valence-corrected chi connectivity index (χ0v) is 6.91. The summed E-state index contributed by atoms with van der Waals surface area (Å²) >= 11 is 0. The van der Waals surface area contributed by atoms with E-state index in [9.17, 15) is 0 Å². The van der Waals surface area contributed by atoms with Crippen molar-refractivity contribution in [1.29, 1.82) is 0 Å². The van der Waals surface area contributed by atoms with E-state index in [1.54, 1.807) is 13.8 Å². The lowest BCUT2D eigenvalue weighted by Gasteiger charge is -2.10. The second-order valence-corrected chi connectivity index (χ2v) is 1.61. The van der Waals surface area contributed by atoms with Gasteiger partial charge in [0.25, 0.3) is 0 Å². The van der Waals surface area contributed by atoms with E-state index in [0.29, 0.717) is 13.2 Å². The zero-order valence-electron chi connectivity index (χ0n) is 6.91. The molecule has 0 bridgehead atoms. The van der Waals surface area contributed by atoms with Gasteiger partial charge in [-0.2, -0.15) is 9.78 Å². The lowest BCUT2D eigenvalue weighted by molar-refractivity contribution is -0.446. The maximum absolute atomic E-state index is 4.68. The summed E-state index contributed by atoms with van der Waals surface area (Å²) in [5, 5.41) is 0. The molecular formula is C7H14O4. The molecule has 0 radical (unpaired) electrons. The van der Waals surface area contributed by atoms with E-state index in [4.69, 9.17) is 0 Å². The van der Waals surface area contributed by atoms with Crippen LogP contribution in [0.3, 0.4) is 0 Å². The molecule has 4 heteroatoms. The van der Waals surface area contributed by atoms with Gasteiger partial charge in [-0.05, 0) is 19.9 Å². The minimum Gasteiger partial charge on any atom is -0.234 e. The first-order chi connectivity index (χ1) is 5.35. The van der Waals surface area contributed by atoms with Crippen molar-refractivity contribution in [2.75, 3.05) is 13.2 Å². The molecule has 0 heterocycles. The third-order valence-electron chi connectivity index (χ3n) is 0.754. The molecule has 0 aliphatic rings. The molecule has 66 valence electrons. The smallest absolute Gasteiger partial charge is 0.234 e. The zero-order chi connectivity index (χ0) is 8.53. The Bertz CT molecular complexity index is 86.4. The minimum absolute atomic E-state index is 0.458. The quantitative estimate of drug-likeness (QED) is 0.245. The molecule has 0 aliphatic carbocycles. The Morgan fingerprint density at radius 2 is 1.64 bits per heavy atom. The first kappa shape index (κ1) is 10.6. The van der Waals surface area contributed by atoms with Crippen LogP contribution in [0.4, 0.5) is 0 Å². The SMILES string of the molecule is C=CC(OOCC)OOCC. The predicted molar refractivity (Wildman–Crippen MR) is 39.4 cm³/mol. The highest BCUT2D eigenvalue weighted by molar-refractivity contribution is 4.69. The number of rotatable bonds is 7. The van der Waals surface area contributed by atoms with Crippen molar-refractivity contribution >= 4 is 0 Å². The van der Waals surface area contributed by atoms with Gasteiger partial charge < -0.3 is 0 Å². The van der Waals surface area contributed by atoms with Crippen LogP contribution in [0.25, 0.3) is 0 Å². The normalized spacial score (nSPS) is 10.5. The third-order valence-corrected chi connectivity index (χ3v) is 0.754. The van der Waals surface area contributed by atoms with Crippen LogP contribution in [0, 0.1) is 0 Å². The van der Waals surface area contributed by atoms with Gasteiger partial charge in [0.05, 0.1) is 13.2 Å². The summed E-state index contributed by atoms with van der Waals surface area (Å²) in [6.07, 6.45) is 0.778. The lowest BCUT2D eigenvalue weighted by Crippen LogP contribution is -2.14. The monoisotopic (exact) mass is 162 g/mol. The molecule has 4 nitrogen and oxygen atoms in total. The van der Waals surface area contributed by atoms with Crippen LogP contribution in [0.15, 0.2) is 12.7 Å². The molecule has 0 amide bonds. The summed E-state index contributed by atoms with van der Waals surface area (Å²) in [6, 6.07) is 0. The third kappa shape index (κ3) is 6.00. The average Bonchev–Trinajstić information content (AvgIpc) is 2.05. The Balaban J connectivity index is 3.33. The van der Waals surface area contributed by atoms with Gasteiger partial charge in [0.15, 0.2) is 0 Å². The van der Waals surface area contributed by atoms with Gasteiger partial charge in [0.2, 0.25) is 6.29 Å². The van der Waals surface area contributed by atoms with Crippen molar-refractivity contribution in [3.05, 3.63) is 12.7 Å². The van der Waals surface area contributed by atoms with Crippen LogP contribution in [0.5, 0.6) is 0 Å². The fraction of sp³-hybridized carbons (Fsp3) is 0.714. The molecule has 0 fully saturated rings. The van der Waals surface area contributed by atoms with Crippen molar-refractivity contribution < 1.29 is 19.6 Å². The second-order valence-electron chi connectivity index (χ2n) is 1.61.